The molecular weight excluding hydrogens is 633 g/mol. The van der Waals surface area contributed by atoms with E-state index in [-0.39, 0.29) is 42.1 Å². The van der Waals surface area contributed by atoms with Crippen molar-refractivity contribution >= 4 is 63.1 Å². The van der Waals surface area contributed by atoms with Crippen LogP contribution in [0.4, 0.5) is 0 Å². The average molecular weight is 666 g/mol. The van der Waals surface area contributed by atoms with Crippen molar-refractivity contribution in [3.8, 4) is 0 Å². The van der Waals surface area contributed by atoms with Gasteiger partial charge in [-0.05, 0) is 54.0 Å². The number of pyridine rings is 1. The summed E-state index contributed by atoms with van der Waals surface area (Å²) in [6, 6.07) is 3.23. The maximum Gasteiger partial charge on any atom is 0.274 e. The Morgan fingerprint density at radius 1 is 1.21 bits per heavy atom. The second kappa shape index (κ2) is 12.8. The summed E-state index contributed by atoms with van der Waals surface area (Å²) in [4.78, 5) is 53.7. The maximum absolute atomic E-state index is 13.4. The Kier molecular flexibility index (Phi) is 9.50. The normalized spacial score (nSPS) is 17.8. The first-order chi connectivity index (χ1) is 18.7. The number of halogens is 1. The highest BCUT2D eigenvalue weighted by molar-refractivity contribution is 14.1. The van der Waals surface area contributed by atoms with E-state index in [1.165, 1.54) is 11.3 Å². The molecule has 0 aliphatic carbocycles. The van der Waals surface area contributed by atoms with Gasteiger partial charge in [0.1, 0.15) is 22.0 Å². The molecule has 39 heavy (non-hydrogen) atoms. The number of Topliss-reactive ketones (excluding diaryl/α,β-unsaturated/α-hetero) is 1. The van der Waals surface area contributed by atoms with Gasteiger partial charge in [0.25, 0.3) is 5.91 Å². The zero-order valence-electron chi connectivity index (χ0n) is 21.5. The predicted molar refractivity (Wildman–Crippen MR) is 157 cm³/mol. The summed E-state index contributed by atoms with van der Waals surface area (Å²) in [6.07, 6.45) is 6.13. The first kappa shape index (κ1) is 28.9. The number of guanidine groups is 1. The van der Waals surface area contributed by atoms with Gasteiger partial charge in [0.15, 0.2) is 11.7 Å². The minimum atomic E-state index is -0.483. The summed E-state index contributed by atoms with van der Waals surface area (Å²) in [6.45, 7) is 0.843. The number of rotatable bonds is 11. The smallest absolute Gasteiger partial charge is 0.274 e. The number of fused-ring (bicyclic) bond motifs is 1. The molecule has 0 bridgehead atoms. The van der Waals surface area contributed by atoms with Gasteiger partial charge in [-0.1, -0.05) is 6.42 Å². The van der Waals surface area contributed by atoms with Crippen molar-refractivity contribution in [1.29, 1.82) is 0 Å². The van der Waals surface area contributed by atoms with Crippen LogP contribution in [-0.4, -0.2) is 69.0 Å². The molecule has 7 N–H and O–H groups in total. The minimum absolute atomic E-state index is 0.0315. The van der Waals surface area contributed by atoms with Gasteiger partial charge < -0.3 is 31.8 Å². The van der Waals surface area contributed by atoms with Gasteiger partial charge >= 0.3 is 0 Å². The van der Waals surface area contributed by atoms with Crippen LogP contribution < -0.4 is 22.5 Å². The molecule has 0 aromatic carbocycles. The number of hydrogen-bond donors (Lipinski definition) is 4. The van der Waals surface area contributed by atoms with Crippen LogP contribution in [0.3, 0.4) is 0 Å². The summed E-state index contributed by atoms with van der Waals surface area (Å²) in [5.74, 6) is -1.09. The Hall–Kier alpha value is -3.11. The molecule has 0 saturated carbocycles. The van der Waals surface area contributed by atoms with E-state index in [9.17, 15) is 14.4 Å². The quantitative estimate of drug-likeness (QED) is 0.0783. The van der Waals surface area contributed by atoms with Crippen LogP contribution in [0.5, 0.6) is 0 Å². The number of hydrogen-bond acceptors (Lipinski definition) is 8. The van der Waals surface area contributed by atoms with E-state index in [2.05, 4.69) is 42.9 Å². The Morgan fingerprint density at radius 3 is 2.74 bits per heavy atom. The molecule has 3 atom stereocenters. The van der Waals surface area contributed by atoms with Gasteiger partial charge in [-0.25, -0.2) is 9.97 Å². The number of imidazole rings is 1. The van der Waals surface area contributed by atoms with Crippen LogP contribution >= 0.6 is 33.9 Å². The van der Waals surface area contributed by atoms with Gasteiger partial charge in [-0.3, -0.25) is 19.4 Å². The number of aromatic nitrogens is 3. The second-order valence-corrected chi connectivity index (χ2v) is 11.7. The number of carbonyl (C=O) groups excluding carboxylic acids is 3. The monoisotopic (exact) mass is 665 g/mol. The van der Waals surface area contributed by atoms with Crippen molar-refractivity contribution in [2.45, 2.75) is 44.2 Å². The minimum Gasteiger partial charge on any atom is -0.370 e. The molecule has 14 heteroatoms. The summed E-state index contributed by atoms with van der Waals surface area (Å²) >= 11 is 3.53. The van der Waals surface area contributed by atoms with E-state index < -0.39 is 5.92 Å². The molecule has 0 radical (unpaired) electrons. The Labute approximate surface area is 243 Å². The van der Waals surface area contributed by atoms with E-state index in [4.69, 9.17) is 17.2 Å². The maximum atomic E-state index is 13.4. The van der Waals surface area contributed by atoms with Gasteiger partial charge in [0.05, 0.1) is 6.04 Å². The highest BCUT2D eigenvalue weighted by atomic mass is 127. The third kappa shape index (κ3) is 7.10. The van der Waals surface area contributed by atoms with Crippen LogP contribution in [-0.2, 0) is 4.79 Å². The van der Waals surface area contributed by atoms with E-state index in [1.807, 2.05) is 22.7 Å². The number of nitrogens with zero attached hydrogens (tertiary/aromatic N) is 5. The largest absolute Gasteiger partial charge is 0.370 e. The van der Waals surface area contributed by atoms with Crippen LogP contribution in [0.1, 0.15) is 64.1 Å². The lowest BCUT2D eigenvalue weighted by molar-refractivity contribution is -0.124. The van der Waals surface area contributed by atoms with Crippen molar-refractivity contribution in [2.24, 2.45) is 28.1 Å². The van der Waals surface area contributed by atoms with Gasteiger partial charge in [-0.2, -0.15) is 0 Å². The second-order valence-electron chi connectivity index (χ2n) is 9.52. The molecule has 1 saturated heterocycles. The zero-order chi connectivity index (χ0) is 28.1. The molecule has 2 amide bonds. The van der Waals surface area contributed by atoms with E-state index in [0.717, 1.165) is 3.57 Å². The number of nitrogens with two attached hydrogens (primary N) is 3. The molecule has 0 unspecified atom stereocenters. The molecule has 4 heterocycles. The molecule has 1 aliphatic rings. The summed E-state index contributed by atoms with van der Waals surface area (Å²) in [5, 5.41) is 4.98. The number of ketones is 1. The van der Waals surface area contributed by atoms with E-state index in [1.54, 1.807) is 23.5 Å². The average Bonchev–Trinajstić information content (AvgIpc) is 3.64. The predicted octanol–water partition coefficient (Wildman–Crippen LogP) is 1.69. The highest BCUT2D eigenvalue weighted by Gasteiger charge is 2.38. The number of aliphatic imine (C=N–C) groups is 1. The highest BCUT2D eigenvalue weighted by Crippen LogP contribution is 2.35. The fourth-order valence-corrected chi connectivity index (χ4v) is 6.11. The van der Waals surface area contributed by atoms with Crippen molar-refractivity contribution in [2.75, 3.05) is 20.1 Å². The Morgan fingerprint density at radius 2 is 2.00 bits per heavy atom. The van der Waals surface area contributed by atoms with Gasteiger partial charge in [-0.15, -0.1) is 11.3 Å². The van der Waals surface area contributed by atoms with Crippen molar-refractivity contribution in [3.63, 3.8) is 0 Å². The SMILES string of the molecule is CNC(=O)[C@H](CCCCN=C(N)N)CC(=O)c1csc([C@@H]2C[C@@H](N)CN2C(=O)c2cn3cc(I)ccc3n2)n1. The summed E-state index contributed by atoms with van der Waals surface area (Å²) < 4.78 is 2.85. The van der Waals surface area contributed by atoms with Crippen molar-refractivity contribution < 1.29 is 14.4 Å². The van der Waals surface area contributed by atoms with Gasteiger partial charge in [0, 0.05) is 59.9 Å². The van der Waals surface area contributed by atoms with E-state index in [0.29, 0.717) is 60.8 Å². The Balaban J connectivity index is 1.44. The summed E-state index contributed by atoms with van der Waals surface area (Å²) in [5.41, 5.74) is 18.2. The lowest BCUT2D eigenvalue weighted by Gasteiger charge is -2.21. The number of carbonyl (C=O) groups is 3. The fraction of sp³-hybridized carbons (Fsp3) is 0.440. The molecule has 3 aromatic rings. The third-order valence-corrected chi connectivity index (χ3v) is 8.21. The number of thiazole rings is 1. The summed E-state index contributed by atoms with van der Waals surface area (Å²) in [7, 11) is 1.55. The van der Waals surface area contributed by atoms with Crippen LogP contribution in [0.2, 0.25) is 0 Å². The van der Waals surface area contributed by atoms with Crippen LogP contribution in [0.15, 0.2) is 34.9 Å². The molecule has 1 fully saturated rings. The van der Waals surface area contributed by atoms with Crippen molar-refractivity contribution in [3.05, 3.63) is 49.9 Å². The number of nitrogens with one attached hydrogen (secondary N) is 1. The first-order valence-electron chi connectivity index (χ1n) is 12.6. The van der Waals surface area contributed by atoms with Crippen LogP contribution in [0.25, 0.3) is 5.65 Å². The molecular formula is C25H32IN9O3S. The first-order valence-corrected chi connectivity index (χ1v) is 14.6. The lowest BCUT2D eigenvalue weighted by Crippen LogP contribution is -2.33. The molecule has 12 nitrogen and oxygen atoms in total. The molecule has 208 valence electrons. The van der Waals surface area contributed by atoms with Crippen molar-refractivity contribution in [1.82, 2.24) is 24.6 Å². The topological polar surface area (TPSA) is 187 Å². The van der Waals surface area contributed by atoms with Gasteiger partial charge in [0.2, 0.25) is 5.91 Å². The third-order valence-electron chi connectivity index (χ3n) is 6.63. The molecule has 0 spiro atoms. The molecule has 1 aliphatic heterocycles. The molecule has 4 rings (SSSR count). The number of amides is 2. The lowest BCUT2D eigenvalue weighted by atomic mass is 9.94. The van der Waals surface area contributed by atoms with Crippen LogP contribution in [0, 0.1) is 9.49 Å². The number of unbranched alkanes of at least 4 members (excludes halogenated alkanes) is 1. The van der Waals surface area contributed by atoms with E-state index >= 15 is 0 Å². The Bertz CT molecular complexity index is 1380. The number of likely N-dealkylation sites (tertiary alicyclic amines) is 1. The molecule has 3 aromatic heterocycles. The zero-order valence-corrected chi connectivity index (χ0v) is 24.5. The standard InChI is InChI=1S/C25H32IN9O3S/c1-30-22(37)14(4-2-3-7-31-25(28)29)8-20(36)18-13-39-23(33-18)19-9-16(27)11-35(19)24(38)17-12-34-10-15(26)5-6-21(34)32-17/h5-6,10,12-14,16,19H,2-4,7-9,11,27H2,1H3,(H,30,37)(H4,28,29,31)/t14-,16-,19+/m1/s1. The fourth-order valence-electron chi connectivity index (χ4n) is 4.68.